The Kier molecular flexibility index (Phi) is 1.22. The number of carbonyl (C=O) groups excluding carboxylic acids is 1. The highest BCUT2D eigenvalue weighted by Gasteiger charge is 1.98. The fourth-order valence-electron chi connectivity index (χ4n) is 1.07. The van der Waals surface area contributed by atoms with Crippen molar-refractivity contribution in [2.75, 3.05) is 0 Å². The Morgan fingerprint density at radius 2 is 2.36 bits per heavy atom. The highest BCUT2D eigenvalue weighted by atomic mass is 16.1. The van der Waals surface area contributed by atoms with Crippen LogP contribution in [0, 0.1) is 0 Å². The molecule has 0 atom stereocenters. The second kappa shape index (κ2) is 2.20. The summed E-state index contributed by atoms with van der Waals surface area (Å²) in [6.07, 6.45) is 7.82. The molecule has 0 aliphatic carbocycles. The molecule has 0 unspecified atom stereocenters. The van der Waals surface area contributed by atoms with E-state index in [1.165, 1.54) is 0 Å². The largest absolute Gasteiger partial charge is 0.320 e. The third kappa shape index (κ3) is 0.816. The quantitative estimate of drug-likeness (QED) is 0.565. The lowest BCUT2D eigenvalue weighted by molar-refractivity contribution is 0.112. The molecule has 0 N–H and O–H groups in total. The number of hydrogen-bond donors (Lipinski definition) is 0. The first-order valence-electron chi connectivity index (χ1n) is 3.27. The normalized spacial score (nSPS) is 10.2. The van der Waals surface area contributed by atoms with Gasteiger partial charge in [0, 0.05) is 24.2 Å². The van der Waals surface area contributed by atoms with Crippen LogP contribution in [0.3, 0.4) is 0 Å². The number of hydrogen-bond acceptors (Lipinski definition) is 2. The molecule has 2 aromatic heterocycles. The Bertz CT molecular complexity index is 392. The van der Waals surface area contributed by atoms with Crippen LogP contribution in [0.1, 0.15) is 10.4 Å². The highest BCUT2D eigenvalue weighted by molar-refractivity contribution is 5.85. The molecular formula is C8H6N2O. The van der Waals surface area contributed by atoms with Crippen LogP contribution in [0.5, 0.6) is 0 Å². The van der Waals surface area contributed by atoms with Crippen molar-refractivity contribution in [2.24, 2.45) is 0 Å². The highest BCUT2D eigenvalue weighted by Crippen LogP contribution is 2.07. The third-order valence-corrected chi connectivity index (χ3v) is 1.63. The minimum atomic E-state index is 0.679. The van der Waals surface area contributed by atoms with Crippen LogP contribution in [0.25, 0.3) is 5.52 Å². The van der Waals surface area contributed by atoms with Gasteiger partial charge in [-0.05, 0) is 6.07 Å². The number of rotatable bonds is 1. The molecule has 3 heteroatoms. The number of fused-ring (bicyclic) bond motifs is 1. The van der Waals surface area contributed by atoms with Crippen LogP contribution in [0.2, 0.25) is 0 Å². The van der Waals surface area contributed by atoms with E-state index in [0.29, 0.717) is 5.56 Å². The fraction of sp³-hybridized carbons (Fsp3) is 0. The Labute approximate surface area is 63.3 Å². The lowest BCUT2D eigenvalue weighted by Gasteiger charge is -1.90. The maximum atomic E-state index is 10.4. The van der Waals surface area contributed by atoms with Crippen molar-refractivity contribution in [3.8, 4) is 0 Å². The number of nitrogens with zero attached hydrogens (tertiary/aromatic N) is 2. The van der Waals surface area contributed by atoms with Gasteiger partial charge in [-0.1, -0.05) is 0 Å². The minimum absolute atomic E-state index is 0.679. The molecule has 2 rings (SSSR count). The molecule has 0 radical (unpaired) electrons. The number of aldehydes is 1. The summed E-state index contributed by atoms with van der Waals surface area (Å²) in [5, 5.41) is 0. The van der Waals surface area contributed by atoms with Gasteiger partial charge in [0.15, 0.2) is 6.29 Å². The van der Waals surface area contributed by atoms with Crippen molar-refractivity contribution in [3.05, 3.63) is 36.4 Å². The summed E-state index contributed by atoms with van der Waals surface area (Å²) < 4.78 is 1.86. The summed E-state index contributed by atoms with van der Waals surface area (Å²) in [5.41, 5.74) is 1.53. The molecule has 0 saturated carbocycles. The topological polar surface area (TPSA) is 34.4 Å². The summed E-state index contributed by atoms with van der Waals surface area (Å²) >= 11 is 0. The Balaban J connectivity index is 2.86. The zero-order valence-electron chi connectivity index (χ0n) is 5.77. The average Bonchev–Trinajstić information content (AvgIpc) is 2.47. The summed E-state index contributed by atoms with van der Waals surface area (Å²) in [6, 6.07) is 1.77. The molecule has 2 aromatic rings. The molecule has 54 valence electrons. The van der Waals surface area contributed by atoms with Gasteiger partial charge < -0.3 is 4.40 Å². The van der Waals surface area contributed by atoms with Gasteiger partial charge >= 0.3 is 0 Å². The Hall–Kier alpha value is -1.64. The Morgan fingerprint density at radius 1 is 1.45 bits per heavy atom. The smallest absolute Gasteiger partial charge is 0.152 e. The van der Waals surface area contributed by atoms with Gasteiger partial charge in [0.1, 0.15) is 0 Å². The molecular weight excluding hydrogens is 140 g/mol. The zero-order chi connectivity index (χ0) is 7.68. The van der Waals surface area contributed by atoms with Gasteiger partial charge in [0.25, 0.3) is 0 Å². The van der Waals surface area contributed by atoms with E-state index in [2.05, 4.69) is 4.98 Å². The molecule has 0 spiro atoms. The predicted octanol–water partition coefficient (Wildman–Crippen LogP) is 1.15. The maximum absolute atomic E-state index is 10.4. The van der Waals surface area contributed by atoms with Gasteiger partial charge in [-0.15, -0.1) is 0 Å². The third-order valence-electron chi connectivity index (χ3n) is 1.63. The molecule has 0 aliphatic rings. The SMILES string of the molecule is O=Cc1ccn2ccncc12. The maximum Gasteiger partial charge on any atom is 0.152 e. The molecule has 2 heterocycles. The van der Waals surface area contributed by atoms with Gasteiger partial charge in [-0.25, -0.2) is 0 Å². The molecule has 0 bridgehead atoms. The van der Waals surface area contributed by atoms with Crippen molar-refractivity contribution in [2.45, 2.75) is 0 Å². The van der Waals surface area contributed by atoms with E-state index in [0.717, 1.165) is 11.8 Å². The molecule has 0 fully saturated rings. The zero-order valence-corrected chi connectivity index (χ0v) is 5.77. The van der Waals surface area contributed by atoms with E-state index in [9.17, 15) is 4.79 Å². The van der Waals surface area contributed by atoms with Crippen LogP contribution in [0.4, 0.5) is 0 Å². The lowest BCUT2D eigenvalue weighted by atomic mass is 10.3. The fourth-order valence-corrected chi connectivity index (χ4v) is 1.07. The Morgan fingerprint density at radius 3 is 3.18 bits per heavy atom. The first-order valence-corrected chi connectivity index (χ1v) is 3.27. The molecule has 0 aliphatic heterocycles. The second-order valence-electron chi connectivity index (χ2n) is 2.26. The van der Waals surface area contributed by atoms with Gasteiger partial charge in [0.05, 0.1) is 11.7 Å². The van der Waals surface area contributed by atoms with E-state index in [1.54, 1.807) is 18.5 Å². The van der Waals surface area contributed by atoms with Crippen molar-refractivity contribution >= 4 is 11.8 Å². The lowest BCUT2D eigenvalue weighted by Crippen LogP contribution is -1.83. The minimum Gasteiger partial charge on any atom is -0.320 e. The van der Waals surface area contributed by atoms with Crippen LogP contribution in [0.15, 0.2) is 30.9 Å². The summed E-state index contributed by atoms with van der Waals surface area (Å²) in [7, 11) is 0. The second-order valence-corrected chi connectivity index (χ2v) is 2.26. The van der Waals surface area contributed by atoms with Gasteiger partial charge in [0.2, 0.25) is 0 Å². The van der Waals surface area contributed by atoms with Crippen molar-refractivity contribution in [3.63, 3.8) is 0 Å². The van der Waals surface area contributed by atoms with Crippen LogP contribution < -0.4 is 0 Å². The van der Waals surface area contributed by atoms with Crippen LogP contribution in [-0.4, -0.2) is 15.7 Å². The first kappa shape index (κ1) is 6.09. The van der Waals surface area contributed by atoms with E-state index < -0.39 is 0 Å². The average molecular weight is 146 g/mol. The monoisotopic (exact) mass is 146 g/mol. The standard InChI is InChI=1S/C8H6N2O/c11-6-7-1-3-10-4-2-9-5-8(7)10/h1-6H. The summed E-state index contributed by atoms with van der Waals surface area (Å²) in [5.74, 6) is 0. The van der Waals surface area contributed by atoms with Crippen molar-refractivity contribution < 1.29 is 4.79 Å². The van der Waals surface area contributed by atoms with Crippen LogP contribution >= 0.6 is 0 Å². The van der Waals surface area contributed by atoms with E-state index in [-0.39, 0.29) is 0 Å². The van der Waals surface area contributed by atoms with Gasteiger partial charge in [-0.3, -0.25) is 9.78 Å². The summed E-state index contributed by atoms with van der Waals surface area (Å²) in [6.45, 7) is 0. The van der Waals surface area contributed by atoms with Crippen molar-refractivity contribution in [1.82, 2.24) is 9.38 Å². The van der Waals surface area contributed by atoms with E-state index in [1.807, 2.05) is 16.8 Å². The van der Waals surface area contributed by atoms with Crippen LogP contribution in [-0.2, 0) is 0 Å². The van der Waals surface area contributed by atoms with Crippen molar-refractivity contribution in [1.29, 1.82) is 0 Å². The molecule has 0 amide bonds. The van der Waals surface area contributed by atoms with Gasteiger partial charge in [-0.2, -0.15) is 0 Å². The molecule has 0 saturated heterocycles. The first-order chi connectivity index (χ1) is 5.42. The number of aromatic nitrogens is 2. The summed E-state index contributed by atoms with van der Waals surface area (Å²) in [4.78, 5) is 14.4. The molecule has 3 nitrogen and oxygen atoms in total. The van der Waals surface area contributed by atoms with E-state index in [4.69, 9.17) is 0 Å². The predicted molar refractivity (Wildman–Crippen MR) is 40.6 cm³/mol. The molecule has 0 aromatic carbocycles. The van der Waals surface area contributed by atoms with E-state index >= 15 is 0 Å². The molecule has 11 heavy (non-hydrogen) atoms. The number of carbonyl (C=O) groups is 1.